The number of hydrogen-bond acceptors (Lipinski definition) is 3. The standard InChI is InChI=1S/C20H18ClNO3/c1-24-13-14-2-4-16(5-3-14)20(23)22-12-18-10-11-19(25-18)15-6-8-17(21)9-7-15/h2-11H,12-13H2,1H3,(H,22,23). The quantitative estimate of drug-likeness (QED) is 0.698. The highest BCUT2D eigenvalue weighted by Gasteiger charge is 2.08. The molecule has 25 heavy (non-hydrogen) atoms. The zero-order chi connectivity index (χ0) is 17.6. The summed E-state index contributed by atoms with van der Waals surface area (Å²) in [7, 11) is 1.64. The molecule has 3 aromatic rings. The molecule has 0 aliphatic carbocycles. The lowest BCUT2D eigenvalue weighted by atomic mass is 10.1. The van der Waals surface area contributed by atoms with Crippen molar-refractivity contribution in [1.82, 2.24) is 5.32 Å². The Bertz CT molecular complexity index is 838. The van der Waals surface area contributed by atoms with Gasteiger partial charge in [0.05, 0.1) is 13.2 Å². The number of hydrogen-bond donors (Lipinski definition) is 1. The maximum Gasteiger partial charge on any atom is 0.251 e. The van der Waals surface area contributed by atoms with Crippen LogP contribution in [0.25, 0.3) is 11.3 Å². The molecule has 1 N–H and O–H groups in total. The molecular formula is C20H18ClNO3. The van der Waals surface area contributed by atoms with E-state index >= 15 is 0 Å². The van der Waals surface area contributed by atoms with Crippen LogP contribution in [0.15, 0.2) is 65.1 Å². The van der Waals surface area contributed by atoms with E-state index in [2.05, 4.69) is 5.32 Å². The number of nitrogens with one attached hydrogen (secondary N) is 1. The highest BCUT2D eigenvalue weighted by Crippen LogP contribution is 2.23. The lowest BCUT2D eigenvalue weighted by molar-refractivity contribution is 0.0948. The summed E-state index contributed by atoms with van der Waals surface area (Å²) in [5.74, 6) is 1.28. The summed E-state index contributed by atoms with van der Waals surface area (Å²) in [5, 5.41) is 3.54. The van der Waals surface area contributed by atoms with Crippen LogP contribution < -0.4 is 5.32 Å². The largest absolute Gasteiger partial charge is 0.459 e. The fourth-order valence-electron chi connectivity index (χ4n) is 2.43. The molecule has 1 aromatic heterocycles. The Morgan fingerprint density at radius 1 is 1.04 bits per heavy atom. The van der Waals surface area contributed by atoms with Gasteiger partial charge in [0.1, 0.15) is 11.5 Å². The van der Waals surface area contributed by atoms with Crippen molar-refractivity contribution in [2.45, 2.75) is 13.2 Å². The summed E-state index contributed by atoms with van der Waals surface area (Å²) in [6, 6.07) is 18.5. The predicted molar refractivity (Wildman–Crippen MR) is 97.5 cm³/mol. The lowest BCUT2D eigenvalue weighted by Gasteiger charge is -2.05. The molecular weight excluding hydrogens is 338 g/mol. The molecule has 0 saturated heterocycles. The summed E-state index contributed by atoms with van der Waals surface area (Å²) in [6.07, 6.45) is 0. The fourth-order valence-corrected chi connectivity index (χ4v) is 2.56. The maximum absolute atomic E-state index is 12.2. The van der Waals surface area contributed by atoms with Crippen molar-refractivity contribution >= 4 is 17.5 Å². The SMILES string of the molecule is COCc1ccc(C(=O)NCc2ccc(-c3ccc(Cl)cc3)o2)cc1. The van der Waals surface area contributed by atoms with Crippen LogP contribution in [-0.2, 0) is 17.9 Å². The van der Waals surface area contributed by atoms with Crippen LogP contribution in [0.4, 0.5) is 0 Å². The van der Waals surface area contributed by atoms with Crippen LogP contribution >= 0.6 is 11.6 Å². The minimum Gasteiger partial charge on any atom is -0.459 e. The number of rotatable bonds is 6. The summed E-state index contributed by atoms with van der Waals surface area (Å²) in [6.45, 7) is 0.855. The Morgan fingerprint density at radius 2 is 1.76 bits per heavy atom. The van der Waals surface area contributed by atoms with E-state index in [4.69, 9.17) is 20.8 Å². The van der Waals surface area contributed by atoms with Crippen molar-refractivity contribution in [3.8, 4) is 11.3 Å². The van der Waals surface area contributed by atoms with E-state index in [1.54, 1.807) is 19.2 Å². The van der Waals surface area contributed by atoms with Gasteiger partial charge in [0.15, 0.2) is 0 Å². The fraction of sp³-hybridized carbons (Fsp3) is 0.150. The molecule has 5 heteroatoms. The van der Waals surface area contributed by atoms with Gasteiger partial charge in [-0.05, 0) is 54.1 Å². The first-order valence-electron chi connectivity index (χ1n) is 7.86. The molecule has 4 nitrogen and oxygen atoms in total. The van der Waals surface area contributed by atoms with Crippen LogP contribution in [0.2, 0.25) is 5.02 Å². The monoisotopic (exact) mass is 355 g/mol. The van der Waals surface area contributed by atoms with Gasteiger partial charge in [-0.1, -0.05) is 23.7 Å². The van der Waals surface area contributed by atoms with Crippen molar-refractivity contribution in [2.24, 2.45) is 0 Å². The van der Waals surface area contributed by atoms with Gasteiger partial charge in [-0.25, -0.2) is 0 Å². The molecule has 0 saturated carbocycles. The normalized spacial score (nSPS) is 10.6. The third-order valence-electron chi connectivity index (χ3n) is 3.74. The topological polar surface area (TPSA) is 51.5 Å². The molecule has 0 atom stereocenters. The third-order valence-corrected chi connectivity index (χ3v) is 3.99. The number of carbonyl (C=O) groups is 1. The van der Waals surface area contributed by atoms with E-state index in [1.165, 1.54) is 0 Å². The number of methoxy groups -OCH3 is 1. The second kappa shape index (κ2) is 8.01. The Hall–Kier alpha value is -2.56. The Kier molecular flexibility index (Phi) is 5.53. The molecule has 0 radical (unpaired) electrons. The Balaban J connectivity index is 1.60. The Labute approximate surface area is 151 Å². The molecule has 1 heterocycles. The molecule has 128 valence electrons. The van der Waals surface area contributed by atoms with Gasteiger partial charge in [0.2, 0.25) is 0 Å². The maximum atomic E-state index is 12.2. The van der Waals surface area contributed by atoms with Gasteiger partial charge in [-0.15, -0.1) is 0 Å². The van der Waals surface area contributed by atoms with Crippen LogP contribution in [0.1, 0.15) is 21.7 Å². The van der Waals surface area contributed by atoms with Gasteiger partial charge < -0.3 is 14.5 Å². The Morgan fingerprint density at radius 3 is 2.44 bits per heavy atom. The molecule has 2 aromatic carbocycles. The van der Waals surface area contributed by atoms with Gasteiger partial charge in [0.25, 0.3) is 5.91 Å². The highest BCUT2D eigenvalue weighted by atomic mass is 35.5. The van der Waals surface area contributed by atoms with E-state index in [0.29, 0.717) is 29.5 Å². The second-order valence-electron chi connectivity index (χ2n) is 5.59. The lowest BCUT2D eigenvalue weighted by Crippen LogP contribution is -2.22. The number of furan rings is 1. The molecule has 0 bridgehead atoms. The zero-order valence-corrected chi connectivity index (χ0v) is 14.5. The number of ether oxygens (including phenoxy) is 1. The van der Waals surface area contributed by atoms with E-state index in [1.807, 2.05) is 48.5 Å². The first-order valence-corrected chi connectivity index (χ1v) is 8.24. The molecule has 3 rings (SSSR count). The molecule has 0 unspecified atom stereocenters. The van der Waals surface area contributed by atoms with E-state index in [9.17, 15) is 4.79 Å². The van der Waals surface area contributed by atoms with Gasteiger partial charge in [-0.2, -0.15) is 0 Å². The second-order valence-corrected chi connectivity index (χ2v) is 6.02. The molecule has 0 aliphatic rings. The summed E-state index contributed by atoms with van der Waals surface area (Å²) in [4.78, 5) is 12.2. The van der Waals surface area contributed by atoms with Gasteiger partial charge >= 0.3 is 0 Å². The number of halogens is 1. The highest BCUT2D eigenvalue weighted by molar-refractivity contribution is 6.30. The minimum absolute atomic E-state index is 0.145. The van der Waals surface area contributed by atoms with Crippen molar-refractivity contribution in [2.75, 3.05) is 7.11 Å². The van der Waals surface area contributed by atoms with E-state index < -0.39 is 0 Å². The summed E-state index contributed by atoms with van der Waals surface area (Å²) in [5.41, 5.74) is 2.57. The average molecular weight is 356 g/mol. The van der Waals surface area contributed by atoms with E-state index in [-0.39, 0.29) is 5.91 Å². The number of benzene rings is 2. The third kappa shape index (κ3) is 4.50. The van der Waals surface area contributed by atoms with Crippen molar-refractivity contribution in [1.29, 1.82) is 0 Å². The average Bonchev–Trinajstić information content (AvgIpc) is 3.10. The molecule has 0 fully saturated rings. The summed E-state index contributed by atoms with van der Waals surface area (Å²) < 4.78 is 10.8. The molecule has 0 aliphatic heterocycles. The van der Waals surface area contributed by atoms with Gasteiger partial charge in [0, 0.05) is 23.3 Å². The molecule has 1 amide bonds. The smallest absolute Gasteiger partial charge is 0.251 e. The van der Waals surface area contributed by atoms with Crippen LogP contribution in [0, 0.1) is 0 Å². The van der Waals surface area contributed by atoms with Crippen LogP contribution in [0.3, 0.4) is 0 Å². The molecule has 0 spiro atoms. The van der Waals surface area contributed by atoms with Crippen LogP contribution in [-0.4, -0.2) is 13.0 Å². The zero-order valence-electron chi connectivity index (χ0n) is 13.8. The van der Waals surface area contributed by atoms with E-state index in [0.717, 1.165) is 16.9 Å². The number of amides is 1. The first kappa shape index (κ1) is 17.3. The van der Waals surface area contributed by atoms with Crippen LogP contribution in [0.5, 0.6) is 0 Å². The van der Waals surface area contributed by atoms with Crippen molar-refractivity contribution in [3.05, 3.63) is 82.6 Å². The van der Waals surface area contributed by atoms with Gasteiger partial charge in [-0.3, -0.25) is 4.79 Å². The summed E-state index contributed by atoms with van der Waals surface area (Å²) >= 11 is 5.89. The minimum atomic E-state index is -0.145. The predicted octanol–water partition coefficient (Wildman–Crippen LogP) is 4.68. The van der Waals surface area contributed by atoms with Crippen molar-refractivity contribution in [3.63, 3.8) is 0 Å². The van der Waals surface area contributed by atoms with Crippen molar-refractivity contribution < 1.29 is 13.9 Å². The number of carbonyl (C=O) groups excluding carboxylic acids is 1. The first-order chi connectivity index (χ1) is 12.2.